The SMILES string of the molecule is COC1CCN(C(CN)c2cccc(Cl)c2Cl)C1. The van der Waals surface area contributed by atoms with E-state index in [1.807, 2.05) is 12.1 Å². The molecule has 1 aromatic rings. The Morgan fingerprint density at radius 1 is 1.50 bits per heavy atom. The number of hydrogen-bond donors (Lipinski definition) is 1. The summed E-state index contributed by atoms with van der Waals surface area (Å²) in [4.78, 5) is 2.31. The predicted octanol–water partition coefficient (Wildman–Crippen LogP) is 2.71. The van der Waals surface area contributed by atoms with Crippen molar-refractivity contribution in [2.75, 3.05) is 26.7 Å². The molecule has 0 aliphatic carbocycles. The van der Waals surface area contributed by atoms with E-state index in [1.165, 1.54) is 0 Å². The summed E-state index contributed by atoms with van der Waals surface area (Å²) < 4.78 is 5.38. The molecule has 2 atom stereocenters. The van der Waals surface area contributed by atoms with Crippen LogP contribution < -0.4 is 5.73 Å². The van der Waals surface area contributed by atoms with E-state index < -0.39 is 0 Å². The van der Waals surface area contributed by atoms with E-state index in [2.05, 4.69) is 4.90 Å². The van der Waals surface area contributed by atoms with Crippen LogP contribution in [0.25, 0.3) is 0 Å². The summed E-state index contributed by atoms with van der Waals surface area (Å²) >= 11 is 12.3. The average Bonchev–Trinajstić information content (AvgIpc) is 2.84. The molecule has 0 radical (unpaired) electrons. The normalized spacial score (nSPS) is 22.3. The maximum absolute atomic E-state index is 6.27. The molecule has 3 nitrogen and oxygen atoms in total. The molecule has 2 N–H and O–H groups in total. The van der Waals surface area contributed by atoms with Crippen molar-refractivity contribution >= 4 is 23.2 Å². The van der Waals surface area contributed by atoms with Gasteiger partial charge in [-0.05, 0) is 18.1 Å². The average molecular weight is 289 g/mol. The molecular formula is C13H18Cl2N2O. The van der Waals surface area contributed by atoms with E-state index >= 15 is 0 Å². The zero-order valence-corrected chi connectivity index (χ0v) is 11.9. The molecule has 1 aromatic carbocycles. The topological polar surface area (TPSA) is 38.5 Å². The highest BCUT2D eigenvalue weighted by atomic mass is 35.5. The third-order valence-electron chi connectivity index (χ3n) is 3.51. The first-order chi connectivity index (χ1) is 8.67. The lowest BCUT2D eigenvalue weighted by Gasteiger charge is -2.27. The minimum absolute atomic E-state index is 0.108. The molecule has 1 heterocycles. The van der Waals surface area contributed by atoms with Gasteiger partial charge in [-0.25, -0.2) is 0 Å². The van der Waals surface area contributed by atoms with E-state index in [-0.39, 0.29) is 12.1 Å². The molecule has 0 aromatic heterocycles. The molecule has 1 fully saturated rings. The molecule has 0 bridgehead atoms. The van der Waals surface area contributed by atoms with Crippen molar-refractivity contribution in [3.63, 3.8) is 0 Å². The highest BCUT2D eigenvalue weighted by Crippen LogP contribution is 2.34. The van der Waals surface area contributed by atoms with Gasteiger partial charge in [0.05, 0.1) is 16.1 Å². The van der Waals surface area contributed by atoms with Crippen LogP contribution in [-0.2, 0) is 4.74 Å². The van der Waals surface area contributed by atoms with Crippen molar-refractivity contribution in [3.8, 4) is 0 Å². The van der Waals surface area contributed by atoms with Gasteiger partial charge >= 0.3 is 0 Å². The maximum Gasteiger partial charge on any atom is 0.0710 e. The van der Waals surface area contributed by atoms with Gasteiger partial charge < -0.3 is 10.5 Å². The van der Waals surface area contributed by atoms with E-state index in [0.717, 1.165) is 25.1 Å². The van der Waals surface area contributed by atoms with Crippen LogP contribution in [0.2, 0.25) is 10.0 Å². The lowest BCUT2D eigenvalue weighted by molar-refractivity contribution is 0.101. The fourth-order valence-electron chi connectivity index (χ4n) is 2.48. The second-order valence-electron chi connectivity index (χ2n) is 4.54. The number of benzene rings is 1. The van der Waals surface area contributed by atoms with E-state index in [0.29, 0.717) is 16.6 Å². The Hall–Kier alpha value is -0.320. The fraction of sp³-hybridized carbons (Fsp3) is 0.538. The molecule has 100 valence electrons. The highest BCUT2D eigenvalue weighted by molar-refractivity contribution is 6.42. The van der Waals surface area contributed by atoms with Gasteiger partial charge in [-0.15, -0.1) is 0 Å². The van der Waals surface area contributed by atoms with Crippen LogP contribution in [0, 0.1) is 0 Å². The van der Waals surface area contributed by atoms with Crippen molar-refractivity contribution in [2.24, 2.45) is 5.73 Å². The van der Waals surface area contributed by atoms with Gasteiger partial charge in [0.2, 0.25) is 0 Å². The van der Waals surface area contributed by atoms with Gasteiger partial charge in [-0.2, -0.15) is 0 Å². The van der Waals surface area contributed by atoms with Crippen molar-refractivity contribution in [1.82, 2.24) is 4.90 Å². The molecule has 1 aliphatic heterocycles. The van der Waals surface area contributed by atoms with Crippen molar-refractivity contribution < 1.29 is 4.74 Å². The summed E-state index contributed by atoms with van der Waals surface area (Å²) in [7, 11) is 1.75. The number of halogens is 2. The van der Waals surface area contributed by atoms with Crippen molar-refractivity contribution in [2.45, 2.75) is 18.6 Å². The van der Waals surface area contributed by atoms with Crippen molar-refractivity contribution in [3.05, 3.63) is 33.8 Å². The third kappa shape index (κ3) is 2.81. The summed E-state index contributed by atoms with van der Waals surface area (Å²) in [6.45, 7) is 2.39. The number of methoxy groups -OCH3 is 1. The fourth-order valence-corrected chi connectivity index (χ4v) is 2.91. The largest absolute Gasteiger partial charge is 0.380 e. The summed E-state index contributed by atoms with van der Waals surface area (Å²) in [5.41, 5.74) is 6.91. The number of nitrogens with two attached hydrogens (primary N) is 1. The quantitative estimate of drug-likeness (QED) is 0.926. The van der Waals surface area contributed by atoms with Crippen LogP contribution in [0.5, 0.6) is 0 Å². The predicted molar refractivity (Wildman–Crippen MR) is 75.2 cm³/mol. The van der Waals surface area contributed by atoms with E-state index in [9.17, 15) is 0 Å². The number of hydrogen-bond acceptors (Lipinski definition) is 3. The van der Waals surface area contributed by atoms with Crippen LogP contribution in [-0.4, -0.2) is 37.7 Å². The van der Waals surface area contributed by atoms with Crippen LogP contribution >= 0.6 is 23.2 Å². The summed E-state index contributed by atoms with van der Waals surface area (Å²) in [5.74, 6) is 0. The standard InChI is InChI=1S/C13H18Cl2N2O/c1-18-9-5-6-17(8-9)12(7-16)10-3-2-4-11(14)13(10)15/h2-4,9,12H,5-8,16H2,1H3. The number of rotatable bonds is 4. The Balaban J connectivity index is 2.21. The molecule has 0 amide bonds. The van der Waals surface area contributed by atoms with Gasteiger partial charge in [-0.1, -0.05) is 35.3 Å². The summed E-state index contributed by atoms with van der Waals surface area (Å²) in [6, 6.07) is 5.81. The van der Waals surface area contributed by atoms with Crippen LogP contribution in [0.3, 0.4) is 0 Å². The second kappa shape index (κ2) is 6.22. The Labute approximate surface area is 118 Å². The first-order valence-electron chi connectivity index (χ1n) is 6.08. The van der Waals surface area contributed by atoms with Gasteiger partial charge in [0.15, 0.2) is 0 Å². The Morgan fingerprint density at radius 2 is 2.28 bits per heavy atom. The zero-order valence-electron chi connectivity index (χ0n) is 10.4. The molecule has 2 rings (SSSR count). The van der Waals surface area contributed by atoms with E-state index in [4.69, 9.17) is 33.7 Å². The van der Waals surface area contributed by atoms with E-state index in [1.54, 1.807) is 13.2 Å². The van der Waals surface area contributed by atoms with Crippen LogP contribution in [0.15, 0.2) is 18.2 Å². The minimum atomic E-state index is 0.108. The first kappa shape index (κ1) is 14.1. The van der Waals surface area contributed by atoms with Gasteiger partial charge in [-0.3, -0.25) is 4.90 Å². The molecule has 1 aliphatic rings. The third-order valence-corrected chi connectivity index (χ3v) is 4.35. The maximum atomic E-state index is 6.27. The summed E-state index contributed by atoms with van der Waals surface area (Å²) in [6.07, 6.45) is 1.32. The number of likely N-dealkylation sites (tertiary alicyclic amines) is 1. The van der Waals surface area contributed by atoms with Gasteiger partial charge in [0, 0.05) is 32.8 Å². The van der Waals surface area contributed by atoms with Gasteiger partial charge in [0.25, 0.3) is 0 Å². The zero-order chi connectivity index (χ0) is 13.1. The molecule has 2 unspecified atom stereocenters. The number of nitrogens with zero attached hydrogens (tertiary/aromatic N) is 1. The summed E-state index contributed by atoms with van der Waals surface area (Å²) in [5, 5.41) is 1.19. The first-order valence-corrected chi connectivity index (χ1v) is 6.83. The Morgan fingerprint density at radius 3 is 2.89 bits per heavy atom. The lowest BCUT2D eigenvalue weighted by Crippen LogP contribution is -2.33. The Kier molecular flexibility index (Phi) is 4.87. The second-order valence-corrected chi connectivity index (χ2v) is 5.32. The smallest absolute Gasteiger partial charge is 0.0710 e. The number of ether oxygens (including phenoxy) is 1. The van der Waals surface area contributed by atoms with Crippen LogP contribution in [0.4, 0.5) is 0 Å². The lowest BCUT2D eigenvalue weighted by atomic mass is 10.1. The molecule has 5 heteroatoms. The molecule has 1 saturated heterocycles. The highest BCUT2D eigenvalue weighted by Gasteiger charge is 2.29. The minimum Gasteiger partial charge on any atom is -0.380 e. The van der Waals surface area contributed by atoms with Crippen molar-refractivity contribution in [1.29, 1.82) is 0 Å². The Bertz CT molecular complexity index is 414. The molecule has 18 heavy (non-hydrogen) atoms. The van der Waals surface area contributed by atoms with Crippen LogP contribution in [0.1, 0.15) is 18.0 Å². The van der Waals surface area contributed by atoms with Gasteiger partial charge in [0.1, 0.15) is 0 Å². The molecule has 0 saturated carbocycles. The monoisotopic (exact) mass is 288 g/mol. The molecular weight excluding hydrogens is 271 g/mol. The molecule has 0 spiro atoms.